The van der Waals surface area contributed by atoms with Crippen molar-refractivity contribution in [3.05, 3.63) is 18.2 Å². The van der Waals surface area contributed by atoms with Crippen LogP contribution in [0.3, 0.4) is 0 Å². The van der Waals surface area contributed by atoms with Crippen LogP contribution in [-0.4, -0.2) is 34.5 Å². The highest BCUT2D eigenvalue weighted by Gasteiger charge is 2.33. The van der Waals surface area contributed by atoms with E-state index in [0.717, 1.165) is 0 Å². The van der Waals surface area contributed by atoms with E-state index in [4.69, 9.17) is 0 Å². The largest absolute Gasteiger partial charge is 0.347 e. The van der Waals surface area contributed by atoms with Crippen LogP contribution in [0.25, 0.3) is 0 Å². The summed E-state index contributed by atoms with van der Waals surface area (Å²) in [5.74, 6) is 0.644. The Labute approximate surface area is 90.6 Å². The molecule has 0 aliphatic heterocycles. The molecule has 0 bridgehead atoms. The number of hydrogen-bond acceptors (Lipinski definition) is 3. The highest BCUT2D eigenvalue weighted by molar-refractivity contribution is 7.90. The number of rotatable bonds is 3. The van der Waals surface area contributed by atoms with Crippen molar-refractivity contribution in [3.63, 3.8) is 0 Å². The first-order chi connectivity index (χ1) is 6.75. The molecule has 0 aromatic carbocycles. The molecule has 0 saturated carbocycles. The molecule has 0 spiro atoms. The summed E-state index contributed by atoms with van der Waals surface area (Å²) in [5, 5.41) is 0. The molecule has 1 N–H and O–H groups in total. The molecule has 0 radical (unpaired) electrons. The number of aromatic amines is 1. The maximum Gasteiger partial charge on any atom is 0.219 e. The summed E-state index contributed by atoms with van der Waals surface area (Å²) >= 11 is 0. The molecular formula is C9H17N3O2S. The average molecular weight is 231 g/mol. The van der Waals surface area contributed by atoms with Gasteiger partial charge in [-0.2, -0.15) is 4.31 Å². The van der Waals surface area contributed by atoms with E-state index in [1.165, 1.54) is 4.31 Å². The molecule has 0 unspecified atom stereocenters. The molecule has 15 heavy (non-hydrogen) atoms. The van der Waals surface area contributed by atoms with Crippen LogP contribution < -0.4 is 0 Å². The standard InChI is InChI=1S/C9H17N3O2S/c1-9(2,3)15(13,14)12(4)7-8-10-5-6-11-8/h5-6H,7H2,1-4H3,(H,10,11). The summed E-state index contributed by atoms with van der Waals surface area (Å²) in [6.07, 6.45) is 3.28. The SMILES string of the molecule is CN(Cc1ncc[nH]1)S(=O)(=O)C(C)(C)C. The lowest BCUT2D eigenvalue weighted by Gasteiger charge is -2.26. The second-order valence-corrected chi connectivity index (χ2v) is 7.21. The van der Waals surface area contributed by atoms with Gasteiger partial charge in [0, 0.05) is 19.4 Å². The van der Waals surface area contributed by atoms with Crippen LogP contribution in [0.4, 0.5) is 0 Å². The molecule has 0 atom stereocenters. The second-order valence-electron chi connectivity index (χ2n) is 4.41. The van der Waals surface area contributed by atoms with Crippen LogP contribution in [0, 0.1) is 0 Å². The summed E-state index contributed by atoms with van der Waals surface area (Å²) < 4.78 is 24.5. The Bertz CT molecular complexity index is 403. The molecule has 0 aliphatic carbocycles. The van der Waals surface area contributed by atoms with E-state index in [1.807, 2.05) is 0 Å². The molecule has 86 valence electrons. The molecular weight excluding hydrogens is 214 g/mol. The van der Waals surface area contributed by atoms with Gasteiger partial charge in [-0.3, -0.25) is 0 Å². The van der Waals surface area contributed by atoms with Gasteiger partial charge in [-0.05, 0) is 20.8 Å². The van der Waals surface area contributed by atoms with E-state index < -0.39 is 14.8 Å². The van der Waals surface area contributed by atoms with Crippen molar-refractivity contribution in [1.82, 2.24) is 14.3 Å². The third kappa shape index (κ3) is 2.57. The van der Waals surface area contributed by atoms with Crippen LogP contribution in [0.1, 0.15) is 26.6 Å². The predicted molar refractivity (Wildman–Crippen MR) is 58.7 cm³/mol. The van der Waals surface area contributed by atoms with Gasteiger partial charge >= 0.3 is 0 Å². The van der Waals surface area contributed by atoms with Gasteiger partial charge in [-0.1, -0.05) is 0 Å². The Kier molecular flexibility index (Phi) is 3.20. The van der Waals surface area contributed by atoms with Gasteiger partial charge in [-0.25, -0.2) is 13.4 Å². The number of hydrogen-bond donors (Lipinski definition) is 1. The van der Waals surface area contributed by atoms with E-state index in [0.29, 0.717) is 5.82 Å². The van der Waals surface area contributed by atoms with E-state index in [-0.39, 0.29) is 6.54 Å². The fraction of sp³-hybridized carbons (Fsp3) is 0.667. The molecule has 1 aromatic rings. The molecule has 0 saturated heterocycles. The summed E-state index contributed by atoms with van der Waals surface area (Å²) in [7, 11) is -1.72. The zero-order chi connectivity index (χ0) is 11.7. The lowest BCUT2D eigenvalue weighted by atomic mass is 10.3. The first kappa shape index (κ1) is 12.2. The minimum atomic E-state index is -3.28. The number of nitrogens with one attached hydrogen (secondary N) is 1. The first-order valence-corrected chi connectivity index (χ1v) is 6.13. The Morgan fingerprint density at radius 3 is 2.47 bits per heavy atom. The molecule has 0 aliphatic rings. The highest BCUT2D eigenvalue weighted by atomic mass is 32.2. The van der Waals surface area contributed by atoms with E-state index in [9.17, 15) is 8.42 Å². The number of nitrogens with zero attached hydrogens (tertiary/aromatic N) is 2. The Hall–Kier alpha value is -0.880. The first-order valence-electron chi connectivity index (χ1n) is 4.69. The van der Waals surface area contributed by atoms with Gasteiger partial charge in [0.1, 0.15) is 5.82 Å². The molecule has 1 rings (SSSR count). The van der Waals surface area contributed by atoms with Crippen molar-refractivity contribution in [2.75, 3.05) is 7.05 Å². The lowest BCUT2D eigenvalue weighted by Crippen LogP contribution is -2.40. The quantitative estimate of drug-likeness (QED) is 0.843. The highest BCUT2D eigenvalue weighted by Crippen LogP contribution is 2.19. The molecule has 1 aromatic heterocycles. The van der Waals surface area contributed by atoms with Crippen molar-refractivity contribution in [1.29, 1.82) is 0 Å². The van der Waals surface area contributed by atoms with Gasteiger partial charge in [0.2, 0.25) is 10.0 Å². The summed E-state index contributed by atoms with van der Waals surface area (Å²) in [6.45, 7) is 5.31. The minimum absolute atomic E-state index is 0.270. The number of imidazole rings is 1. The number of sulfonamides is 1. The van der Waals surface area contributed by atoms with Crippen LogP contribution in [0.5, 0.6) is 0 Å². The van der Waals surface area contributed by atoms with Crippen LogP contribution >= 0.6 is 0 Å². The third-order valence-electron chi connectivity index (χ3n) is 2.11. The normalized spacial score (nSPS) is 13.4. The average Bonchev–Trinajstić information content (AvgIpc) is 2.54. The summed E-state index contributed by atoms with van der Waals surface area (Å²) in [4.78, 5) is 6.86. The Balaban J connectivity index is 2.82. The van der Waals surface area contributed by atoms with Gasteiger partial charge in [0.25, 0.3) is 0 Å². The maximum absolute atomic E-state index is 12.0. The summed E-state index contributed by atoms with van der Waals surface area (Å²) in [6, 6.07) is 0. The fourth-order valence-electron chi connectivity index (χ4n) is 1.15. The number of H-pyrrole nitrogens is 1. The monoisotopic (exact) mass is 231 g/mol. The van der Waals surface area contributed by atoms with Crippen molar-refractivity contribution in [3.8, 4) is 0 Å². The van der Waals surface area contributed by atoms with Crippen molar-refractivity contribution in [2.24, 2.45) is 0 Å². The fourth-order valence-corrected chi connectivity index (χ4v) is 2.38. The topological polar surface area (TPSA) is 66.1 Å². The second kappa shape index (κ2) is 3.94. The van der Waals surface area contributed by atoms with Crippen molar-refractivity contribution < 1.29 is 8.42 Å². The minimum Gasteiger partial charge on any atom is -0.347 e. The molecule has 0 fully saturated rings. The van der Waals surface area contributed by atoms with Gasteiger partial charge in [-0.15, -0.1) is 0 Å². The van der Waals surface area contributed by atoms with E-state index >= 15 is 0 Å². The lowest BCUT2D eigenvalue weighted by molar-refractivity contribution is 0.435. The molecule has 6 heteroatoms. The van der Waals surface area contributed by atoms with Crippen LogP contribution in [-0.2, 0) is 16.6 Å². The third-order valence-corrected chi connectivity index (χ3v) is 4.61. The van der Waals surface area contributed by atoms with Gasteiger partial charge < -0.3 is 4.98 Å². The van der Waals surface area contributed by atoms with Crippen molar-refractivity contribution in [2.45, 2.75) is 32.1 Å². The summed E-state index contributed by atoms with van der Waals surface area (Å²) in [5.41, 5.74) is 0. The predicted octanol–water partition coefficient (Wildman–Crippen LogP) is 0.970. The zero-order valence-corrected chi connectivity index (χ0v) is 10.3. The van der Waals surface area contributed by atoms with Crippen LogP contribution in [0.2, 0.25) is 0 Å². The van der Waals surface area contributed by atoms with Crippen LogP contribution in [0.15, 0.2) is 12.4 Å². The molecule has 0 amide bonds. The molecule has 5 nitrogen and oxygen atoms in total. The van der Waals surface area contributed by atoms with Gasteiger partial charge in [0.05, 0.1) is 11.3 Å². The Morgan fingerprint density at radius 2 is 2.07 bits per heavy atom. The maximum atomic E-state index is 12.0. The van der Waals surface area contributed by atoms with E-state index in [1.54, 1.807) is 40.2 Å². The van der Waals surface area contributed by atoms with E-state index in [2.05, 4.69) is 9.97 Å². The molecule has 1 heterocycles. The number of aromatic nitrogens is 2. The smallest absolute Gasteiger partial charge is 0.219 e. The zero-order valence-electron chi connectivity index (χ0n) is 9.48. The van der Waals surface area contributed by atoms with Gasteiger partial charge in [0.15, 0.2) is 0 Å². The van der Waals surface area contributed by atoms with Crippen molar-refractivity contribution >= 4 is 10.0 Å². The Morgan fingerprint density at radius 1 is 1.47 bits per heavy atom.